The number of carbonyl (C=O) groups is 4. The molecule has 0 aliphatic heterocycles. The maximum Gasteiger partial charge on any atom is 0.313 e. The molecule has 0 aromatic heterocycles. The molecule has 0 atom stereocenters. The molecule has 32 heavy (non-hydrogen) atoms. The number of hydrogen-bond acceptors (Lipinski definition) is 6. The van der Waals surface area contributed by atoms with Gasteiger partial charge in [0.05, 0.1) is 13.2 Å². The van der Waals surface area contributed by atoms with Gasteiger partial charge in [-0.2, -0.15) is 0 Å². The Morgan fingerprint density at radius 3 is 0.844 bits per heavy atom. The van der Waals surface area contributed by atoms with Crippen molar-refractivity contribution in [2.75, 3.05) is 13.2 Å². The monoisotopic (exact) mass is 454 g/mol. The van der Waals surface area contributed by atoms with Crippen molar-refractivity contribution in [1.82, 2.24) is 0 Å². The summed E-state index contributed by atoms with van der Waals surface area (Å²) >= 11 is 0. The fourth-order valence-corrected chi connectivity index (χ4v) is 3.56. The maximum absolute atomic E-state index is 11.2. The number of carbonyl (C=O) groups excluding carboxylic acids is 4. The van der Waals surface area contributed by atoms with Gasteiger partial charge >= 0.3 is 11.9 Å². The lowest BCUT2D eigenvalue weighted by Crippen LogP contribution is -2.09. The van der Waals surface area contributed by atoms with Crippen LogP contribution in [0, 0.1) is 0 Å². The van der Waals surface area contributed by atoms with Gasteiger partial charge in [-0.15, -0.1) is 0 Å². The molecule has 0 radical (unpaired) electrons. The van der Waals surface area contributed by atoms with E-state index in [-0.39, 0.29) is 24.4 Å². The number of ketones is 2. The van der Waals surface area contributed by atoms with E-state index in [1.807, 2.05) is 0 Å². The summed E-state index contributed by atoms with van der Waals surface area (Å²) < 4.78 is 10.0. The molecule has 6 heteroatoms. The largest absolute Gasteiger partial charge is 0.465 e. The zero-order valence-corrected chi connectivity index (χ0v) is 20.6. The summed E-state index contributed by atoms with van der Waals surface area (Å²) in [4.78, 5) is 44.0. The summed E-state index contributed by atoms with van der Waals surface area (Å²) in [5.74, 6) is -1.10. The van der Waals surface area contributed by atoms with Crippen LogP contribution in [0.15, 0.2) is 0 Å². The lowest BCUT2D eigenvalue weighted by atomic mass is 10.0. The van der Waals surface area contributed by atoms with E-state index in [1.165, 1.54) is 90.9 Å². The Morgan fingerprint density at radius 2 is 0.625 bits per heavy atom. The summed E-state index contributed by atoms with van der Waals surface area (Å²) in [5, 5.41) is 0. The number of hydrogen-bond donors (Lipinski definition) is 0. The quantitative estimate of drug-likeness (QED) is 0.103. The number of esters is 2. The molecule has 0 saturated carbocycles. The van der Waals surface area contributed by atoms with Gasteiger partial charge in [-0.3, -0.25) is 19.2 Å². The molecule has 0 fully saturated rings. The zero-order valence-electron chi connectivity index (χ0n) is 20.6. The van der Waals surface area contributed by atoms with Crippen molar-refractivity contribution >= 4 is 23.5 Å². The second-order valence-electron chi connectivity index (χ2n) is 8.86. The molecule has 0 aliphatic rings. The van der Waals surface area contributed by atoms with E-state index in [0.717, 1.165) is 25.7 Å². The highest BCUT2D eigenvalue weighted by atomic mass is 16.5. The first kappa shape index (κ1) is 30.3. The molecule has 0 amide bonds. The van der Waals surface area contributed by atoms with Crippen LogP contribution in [0.5, 0.6) is 0 Å². The fourth-order valence-electron chi connectivity index (χ4n) is 3.56. The first-order valence-electron chi connectivity index (χ1n) is 12.7. The molecule has 0 N–H and O–H groups in total. The first-order chi connectivity index (χ1) is 15.4. The maximum atomic E-state index is 11.2. The third kappa shape index (κ3) is 24.5. The topological polar surface area (TPSA) is 86.7 Å². The van der Waals surface area contributed by atoms with Crippen LogP contribution in [0.25, 0.3) is 0 Å². The van der Waals surface area contributed by atoms with Crippen molar-refractivity contribution in [2.24, 2.45) is 0 Å². The predicted octanol–water partition coefficient (Wildman–Crippen LogP) is 6.27. The van der Waals surface area contributed by atoms with Gasteiger partial charge in [-0.05, 0) is 26.7 Å². The molecule has 0 rings (SSSR count). The third-order valence-electron chi connectivity index (χ3n) is 5.35. The average Bonchev–Trinajstić information content (AvgIpc) is 2.71. The van der Waals surface area contributed by atoms with E-state index in [2.05, 4.69) is 0 Å². The van der Waals surface area contributed by atoms with Crippen LogP contribution in [-0.4, -0.2) is 36.7 Å². The van der Waals surface area contributed by atoms with Gasteiger partial charge in [0.15, 0.2) is 0 Å². The Bertz CT molecular complexity index is 468. The summed E-state index contributed by atoms with van der Waals surface area (Å²) in [7, 11) is 0. The first-order valence-corrected chi connectivity index (χ1v) is 12.7. The Hall–Kier alpha value is -1.72. The summed E-state index contributed by atoms with van der Waals surface area (Å²) in [6, 6.07) is 0. The standard InChI is InChI=1S/C26H46O6/c1-23(27)21-25(29)31-19-17-15-13-11-9-7-5-3-4-6-8-10-12-14-16-18-20-32-26(30)22-24(2)28/h3-22H2,1-2H3. The van der Waals surface area contributed by atoms with Gasteiger partial charge in [-0.1, -0.05) is 89.9 Å². The van der Waals surface area contributed by atoms with Gasteiger partial charge in [-0.25, -0.2) is 0 Å². The van der Waals surface area contributed by atoms with Crippen LogP contribution in [-0.2, 0) is 28.7 Å². The Balaban J connectivity index is 3.15. The van der Waals surface area contributed by atoms with Crippen LogP contribution in [0.3, 0.4) is 0 Å². The van der Waals surface area contributed by atoms with E-state index < -0.39 is 11.9 Å². The molecule has 0 aromatic rings. The van der Waals surface area contributed by atoms with Gasteiger partial charge in [0, 0.05) is 0 Å². The summed E-state index contributed by atoms with van der Waals surface area (Å²) in [5.41, 5.74) is 0. The molecular weight excluding hydrogens is 408 g/mol. The number of ether oxygens (including phenoxy) is 2. The molecule has 0 spiro atoms. The van der Waals surface area contributed by atoms with Crippen molar-refractivity contribution < 1.29 is 28.7 Å². The number of Topliss-reactive ketones (excluding diaryl/α,β-unsaturated/α-hetero) is 2. The van der Waals surface area contributed by atoms with Gasteiger partial charge in [0.25, 0.3) is 0 Å². The Morgan fingerprint density at radius 1 is 0.406 bits per heavy atom. The van der Waals surface area contributed by atoms with Crippen molar-refractivity contribution in [3.8, 4) is 0 Å². The molecule has 0 saturated heterocycles. The normalized spacial score (nSPS) is 10.7. The van der Waals surface area contributed by atoms with Crippen LogP contribution < -0.4 is 0 Å². The highest BCUT2D eigenvalue weighted by Gasteiger charge is 2.06. The zero-order chi connectivity index (χ0) is 23.9. The minimum Gasteiger partial charge on any atom is -0.465 e. The van der Waals surface area contributed by atoms with E-state index in [4.69, 9.17) is 9.47 Å². The second-order valence-corrected chi connectivity index (χ2v) is 8.86. The van der Waals surface area contributed by atoms with Crippen molar-refractivity contribution in [3.05, 3.63) is 0 Å². The van der Waals surface area contributed by atoms with Crippen molar-refractivity contribution in [2.45, 2.75) is 129 Å². The molecular formula is C26H46O6. The minimum absolute atomic E-state index is 0.106. The van der Waals surface area contributed by atoms with Crippen molar-refractivity contribution in [3.63, 3.8) is 0 Å². The fraction of sp³-hybridized carbons (Fsp3) is 0.846. The Kier molecular flexibility index (Phi) is 21.3. The number of unbranched alkanes of at least 4 members (excludes halogenated alkanes) is 15. The van der Waals surface area contributed by atoms with E-state index in [9.17, 15) is 19.2 Å². The van der Waals surface area contributed by atoms with Crippen LogP contribution >= 0.6 is 0 Å². The Labute approximate surface area is 195 Å². The van der Waals surface area contributed by atoms with E-state index in [0.29, 0.717) is 13.2 Å². The summed E-state index contributed by atoms with van der Waals surface area (Å²) in [6.45, 7) is 3.67. The highest BCUT2D eigenvalue weighted by Crippen LogP contribution is 2.14. The molecule has 186 valence electrons. The average molecular weight is 455 g/mol. The minimum atomic E-state index is -0.403. The van der Waals surface area contributed by atoms with Crippen molar-refractivity contribution in [1.29, 1.82) is 0 Å². The second kappa shape index (κ2) is 22.5. The number of rotatable bonds is 23. The predicted molar refractivity (Wildman–Crippen MR) is 126 cm³/mol. The summed E-state index contributed by atoms with van der Waals surface area (Å²) in [6.07, 6.45) is 19.1. The smallest absolute Gasteiger partial charge is 0.313 e. The SMILES string of the molecule is CC(=O)CC(=O)OCCCCCCCCCCCCCCCCCCOC(=O)CC(C)=O. The van der Waals surface area contributed by atoms with Crippen LogP contribution in [0.1, 0.15) is 129 Å². The van der Waals surface area contributed by atoms with E-state index >= 15 is 0 Å². The van der Waals surface area contributed by atoms with Gasteiger partial charge in [0.2, 0.25) is 0 Å². The molecule has 6 nitrogen and oxygen atoms in total. The van der Waals surface area contributed by atoms with Gasteiger partial charge in [0.1, 0.15) is 24.4 Å². The van der Waals surface area contributed by atoms with Gasteiger partial charge < -0.3 is 9.47 Å². The lowest BCUT2D eigenvalue weighted by molar-refractivity contribution is -0.147. The lowest BCUT2D eigenvalue weighted by Gasteiger charge is -2.05. The molecule has 0 heterocycles. The molecule has 0 aliphatic carbocycles. The van der Waals surface area contributed by atoms with E-state index in [1.54, 1.807) is 0 Å². The molecule has 0 unspecified atom stereocenters. The molecule has 0 bridgehead atoms. The van der Waals surface area contributed by atoms with Crippen LogP contribution in [0.2, 0.25) is 0 Å². The third-order valence-corrected chi connectivity index (χ3v) is 5.35. The van der Waals surface area contributed by atoms with Crippen LogP contribution in [0.4, 0.5) is 0 Å². The molecule has 0 aromatic carbocycles. The highest BCUT2D eigenvalue weighted by molar-refractivity contribution is 5.94.